The van der Waals surface area contributed by atoms with Gasteiger partial charge < -0.3 is 20.1 Å². The highest BCUT2D eigenvalue weighted by Crippen LogP contribution is 2.34. The third-order valence-electron chi connectivity index (χ3n) is 3.92. The van der Waals surface area contributed by atoms with E-state index in [0.29, 0.717) is 13.2 Å². The SMILES string of the molecule is CC(C)(CNC1=NCCCN1)c1ccc2c(c1)OCCO2.I. The van der Waals surface area contributed by atoms with Crippen LogP contribution in [0.1, 0.15) is 25.8 Å². The molecule has 2 aliphatic heterocycles. The van der Waals surface area contributed by atoms with E-state index in [4.69, 9.17) is 9.47 Å². The molecule has 5 nitrogen and oxygen atoms in total. The second kappa shape index (κ2) is 7.39. The number of benzene rings is 1. The average molecular weight is 417 g/mol. The Labute approximate surface area is 148 Å². The second-order valence-electron chi connectivity index (χ2n) is 6.11. The van der Waals surface area contributed by atoms with Crippen molar-refractivity contribution in [1.82, 2.24) is 10.6 Å². The maximum absolute atomic E-state index is 5.67. The molecule has 0 aromatic heterocycles. The molecule has 0 saturated heterocycles. The first kappa shape index (κ1) is 17.2. The molecule has 0 unspecified atom stereocenters. The predicted octanol–water partition coefficient (Wildman–Crippen LogP) is 2.29. The lowest BCUT2D eigenvalue weighted by Crippen LogP contribution is -2.45. The van der Waals surface area contributed by atoms with Crippen LogP contribution in [0.5, 0.6) is 11.5 Å². The highest BCUT2D eigenvalue weighted by atomic mass is 127. The minimum atomic E-state index is -0.0164. The molecule has 1 aromatic rings. The molecule has 6 heteroatoms. The Bertz CT molecular complexity index is 546. The highest BCUT2D eigenvalue weighted by molar-refractivity contribution is 14.0. The van der Waals surface area contributed by atoms with Gasteiger partial charge in [-0.3, -0.25) is 4.99 Å². The van der Waals surface area contributed by atoms with Crippen LogP contribution in [0.4, 0.5) is 0 Å². The quantitative estimate of drug-likeness (QED) is 0.742. The number of nitrogens with zero attached hydrogens (tertiary/aromatic N) is 1. The first-order valence-corrected chi connectivity index (χ1v) is 7.57. The Hall–Kier alpha value is -1.18. The number of fused-ring (bicyclic) bond motifs is 1. The van der Waals surface area contributed by atoms with Crippen LogP contribution in [0, 0.1) is 0 Å². The molecule has 122 valence electrons. The van der Waals surface area contributed by atoms with Gasteiger partial charge in [0.25, 0.3) is 0 Å². The van der Waals surface area contributed by atoms with Crippen LogP contribution in [0.2, 0.25) is 0 Å². The van der Waals surface area contributed by atoms with Gasteiger partial charge in [0.2, 0.25) is 0 Å². The smallest absolute Gasteiger partial charge is 0.191 e. The monoisotopic (exact) mass is 417 g/mol. The van der Waals surface area contributed by atoms with E-state index in [9.17, 15) is 0 Å². The summed E-state index contributed by atoms with van der Waals surface area (Å²) in [5.41, 5.74) is 1.22. The van der Waals surface area contributed by atoms with Gasteiger partial charge in [0.1, 0.15) is 13.2 Å². The number of hydrogen-bond acceptors (Lipinski definition) is 5. The summed E-state index contributed by atoms with van der Waals surface area (Å²) < 4.78 is 11.2. The maximum atomic E-state index is 5.67. The van der Waals surface area contributed by atoms with Gasteiger partial charge in [0.15, 0.2) is 17.5 Å². The molecule has 0 amide bonds. The summed E-state index contributed by atoms with van der Waals surface area (Å²) in [6.45, 7) is 8.40. The molecule has 2 heterocycles. The van der Waals surface area contributed by atoms with Gasteiger partial charge in [-0.1, -0.05) is 19.9 Å². The number of hydrogen-bond donors (Lipinski definition) is 2. The van der Waals surface area contributed by atoms with Crippen molar-refractivity contribution in [1.29, 1.82) is 0 Å². The van der Waals surface area contributed by atoms with E-state index in [-0.39, 0.29) is 29.4 Å². The van der Waals surface area contributed by atoms with E-state index in [1.54, 1.807) is 0 Å². The molecule has 0 aliphatic carbocycles. The number of nitrogens with one attached hydrogen (secondary N) is 2. The van der Waals surface area contributed by atoms with Crippen LogP contribution in [-0.2, 0) is 5.41 Å². The number of guanidine groups is 1. The summed E-state index contributed by atoms with van der Waals surface area (Å²) in [6.07, 6.45) is 1.11. The third kappa shape index (κ3) is 3.97. The summed E-state index contributed by atoms with van der Waals surface area (Å²) >= 11 is 0. The van der Waals surface area contributed by atoms with Gasteiger partial charge >= 0.3 is 0 Å². The van der Waals surface area contributed by atoms with Gasteiger partial charge in [-0.25, -0.2) is 0 Å². The first-order valence-electron chi connectivity index (χ1n) is 7.57. The molecule has 22 heavy (non-hydrogen) atoms. The highest BCUT2D eigenvalue weighted by Gasteiger charge is 2.24. The first-order chi connectivity index (χ1) is 10.1. The van der Waals surface area contributed by atoms with Gasteiger partial charge in [-0.15, -0.1) is 24.0 Å². The normalized spacial score (nSPS) is 16.9. The Morgan fingerprint density at radius 1 is 1.23 bits per heavy atom. The second-order valence-corrected chi connectivity index (χ2v) is 6.11. The van der Waals surface area contributed by atoms with Crippen LogP contribution in [0.25, 0.3) is 0 Å². The molecule has 2 N–H and O–H groups in total. The maximum Gasteiger partial charge on any atom is 0.191 e. The van der Waals surface area contributed by atoms with Crippen molar-refractivity contribution in [3.8, 4) is 11.5 Å². The number of aliphatic imine (C=N–C) groups is 1. The van der Waals surface area contributed by atoms with Crippen molar-refractivity contribution in [2.45, 2.75) is 25.7 Å². The summed E-state index contributed by atoms with van der Waals surface area (Å²) in [5, 5.41) is 6.69. The molecule has 0 spiro atoms. The number of halogens is 1. The Morgan fingerprint density at radius 3 is 2.73 bits per heavy atom. The average Bonchev–Trinajstić information content (AvgIpc) is 2.53. The summed E-state index contributed by atoms with van der Waals surface area (Å²) in [5.74, 6) is 2.60. The van der Waals surface area contributed by atoms with Crippen molar-refractivity contribution in [2.24, 2.45) is 4.99 Å². The molecule has 0 radical (unpaired) electrons. The molecule has 0 fully saturated rings. The summed E-state index contributed by atoms with van der Waals surface area (Å²) in [4.78, 5) is 4.45. The number of ether oxygens (including phenoxy) is 2. The molecule has 0 atom stereocenters. The Morgan fingerprint density at radius 2 is 2.00 bits per heavy atom. The fourth-order valence-corrected chi connectivity index (χ4v) is 2.52. The largest absolute Gasteiger partial charge is 0.486 e. The van der Waals surface area contributed by atoms with E-state index in [1.165, 1.54) is 5.56 Å². The fourth-order valence-electron chi connectivity index (χ4n) is 2.52. The zero-order valence-electron chi connectivity index (χ0n) is 13.1. The lowest BCUT2D eigenvalue weighted by Gasteiger charge is -2.29. The van der Waals surface area contributed by atoms with Crippen molar-refractivity contribution >= 4 is 29.9 Å². The minimum Gasteiger partial charge on any atom is -0.486 e. The molecule has 1 aromatic carbocycles. The van der Waals surface area contributed by atoms with Crippen LogP contribution < -0.4 is 20.1 Å². The molecular formula is C16H24IN3O2. The zero-order chi connectivity index (χ0) is 14.7. The summed E-state index contributed by atoms with van der Waals surface area (Å²) in [7, 11) is 0. The van der Waals surface area contributed by atoms with E-state index in [2.05, 4.69) is 41.6 Å². The topological polar surface area (TPSA) is 54.9 Å². The van der Waals surface area contributed by atoms with Crippen molar-refractivity contribution in [3.05, 3.63) is 23.8 Å². The van der Waals surface area contributed by atoms with E-state index in [0.717, 1.165) is 43.5 Å². The Kier molecular flexibility index (Phi) is 5.77. The van der Waals surface area contributed by atoms with Crippen LogP contribution in [-0.4, -0.2) is 38.8 Å². The van der Waals surface area contributed by atoms with Crippen LogP contribution in [0.15, 0.2) is 23.2 Å². The fraction of sp³-hybridized carbons (Fsp3) is 0.562. The van der Waals surface area contributed by atoms with E-state index in [1.807, 2.05) is 6.07 Å². The van der Waals surface area contributed by atoms with Gasteiger partial charge in [0.05, 0.1) is 0 Å². The minimum absolute atomic E-state index is 0. The lowest BCUT2D eigenvalue weighted by molar-refractivity contribution is 0.171. The lowest BCUT2D eigenvalue weighted by atomic mass is 9.84. The molecular weight excluding hydrogens is 393 g/mol. The molecule has 0 bridgehead atoms. The van der Waals surface area contributed by atoms with Crippen molar-refractivity contribution < 1.29 is 9.47 Å². The van der Waals surface area contributed by atoms with Gasteiger partial charge in [0, 0.05) is 25.0 Å². The van der Waals surface area contributed by atoms with Crippen LogP contribution in [0.3, 0.4) is 0 Å². The van der Waals surface area contributed by atoms with Crippen LogP contribution >= 0.6 is 24.0 Å². The van der Waals surface area contributed by atoms with E-state index < -0.39 is 0 Å². The number of rotatable bonds is 3. The zero-order valence-corrected chi connectivity index (χ0v) is 15.5. The van der Waals surface area contributed by atoms with Crippen molar-refractivity contribution in [2.75, 3.05) is 32.8 Å². The molecule has 3 rings (SSSR count). The van der Waals surface area contributed by atoms with Gasteiger partial charge in [-0.05, 0) is 24.1 Å². The van der Waals surface area contributed by atoms with E-state index >= 15 is 0 Å². The standard InChI is InChI=1S/C16H23N3O2.HI/c1-16(2,11-19-15-17-6-3-7-18-15)12-4-5-13-14(10-12)21-9-8-20-13;/h4-5,10H,3,6-9,11H2,1-2H3,(H2,17,18,19);1H. The van der Waals surface area contributed by atoms with Gasteiger partial charge in [-0.2, -0.15) is 0 Å². The third-order valence-corrected chi connectivity index (χ3v) is 3.92. The molecule has 0 saturated carbocycles. The summed E-state index contributed by atoms with van der Waals surface area (Å²) in [6, 6.07) is 6.21. The van der Waals surface area contributed by atoms with Crippen molar-refractivity contribution in [3.63, 3.8) is 0 Å². The molecule has 2 aliphatic rings. The predicted molar refractivity (Wildman–Crippen MR) is 98.8 cm³/mol. The Balaban J connectivity index is 0.00000176.